The van der Waals surface area contributed by atoms with Gasteiger partial charge in [0.05, 0.1) is 0 Å². The maximum Gasteiger partial charge on any atom is 0.356 e. The van der Waals surface area contributed by atoms with Gasteiger partial charge in [0.15, 0.2) is 5.69 Å². The SMILES string of the molecule is CCCc1cc(C(=O)O)nn1C(C)C. The number of aromatic carboxylic acids is 1. The first-order valence-electron chi connectivity index (χ1n) is 4.88. The molecule has 0 radical (unpaired) electrons. The molecule has 0 fully saturated rings. The predicted molar refractivity (Wildman–Crippen MR) is 53.6 cm³/mol. The van der Waals surface area contributed by atoms with E-state index in [0.717, 1.165) is 18.5 Å². The van der Waals surface area contributed by atoms with E-state index in [2.05, 4.69) is 12.0 Å². The molecule has 0 amide bonds. The minimum Gasteiger partial charge on any atom is -0.476 e. The number of aromatic nitrogens is 2. The fraction of sp³-hybridized carbons (Fsp3) is 0.600. The van der Waals surface area contributed by atoms with Crippen molar-refractivity contribution in [3.8, 4) is 0 Å². The van der Waals surface area contributed by atoms with Gasteiger partial charge in [-0.2, -0.15) is 5.10 Å². The molecular formula is C10H16N2O2. The first-order chi connectivity index (χ1) is 6.56. The normalized spacial score (nSPS) is 10.9. The predicted octanol–water partition coefficient (Wildman–Crippen LogP) is 2.11. The van der Waals surface area contributed by atoms with Gasteiger partial charge in [-0.25, -0.2) is 4.79 Å². The number of hydrogen-bond acceptors (Lipinski definition) is 2. The number of aryl methyl sites for hydroxylation is 1. The summed E-state index contributed by atoms with van der Waals surface area (Å²) in [6.45, 7) is 6.06. The molecule has 78 valence electrons. The Labute approximate surface area is 83.5 Å². The summed E-state index contributed by atoms with van der Waals surface area (Å²) in [6.07, 6.45) is 1.87. The Morgan fingerprint density at radius 1 is 1.64 bits per heavy atom. The lowest BCUT2D eigenvalue weighted by molar-refractivity contribution is 0.0689. The molecule has 0 aliphatic carbocycles. The third kappa shape index (κ3) is 2.13. The number of hydrogen-bond donors (Lipinski definition) is 1. The minimum atomic E-state index is -0.957. The van der Waals surface area contributed by atoms with Crippen LogP contribution in [0.4, 0.5) is 0 Å². The molecule has 0 spiro atoms. The first kappa shape index (κ1) is 10.8. The van der Waals surface area contributed by atoms with E-state index in [1.54, 1.807) is 10.7 Å². The van der Waals surface area contributed by atoms with Crippen LogP contribution < -0.4 is 0 Å². The molecule has 0 atom stereocenters. The Bertz CT molecular complexity index is 329. The summed E-state index contributed by atoms with van der Waals surface area (Å²) in [4.78, 5) is 10.7. The van der Waals surface area contributed by atoms with E-state index in [9.17, 15) is 4.79 Å². The zero-order chi connectivity index (χ0) is 10.7. The Kier molecular flexibility index (Phi) is 3.28. The fourth-order valence-electron chi connectivity index (χ4n) is 1.43. The number of carbonyl (C=O) groups is 1. The standard InChI is InChI=1S/C10H16N2O2/c1-4-5-8-6-9(10(13)14)11-12(8)7(2)3/h6-7H,4-5H2,1-3H3,(H,13,14). The van der Waals surface area contributed by atoms with Gasteiger partial charge in [-0.15, -0.1) is 0 Å². The maximum absolute atomic E-state index is 10.7. The van der Waals surface area contributed by atoms with Gasteiger partial charge in [0.1, 0.15) is 0 Å². The molecule has 1 heterocycles. The van der Waals surface area contributed by atoms with Gasteiger partial charge >= 0.3 is 5.97 Å². The number of rotatable bonds is 4. The summed E-state index contributed by atoms with van der Waals surface area (Å²) in [5.74, 6) is -0.957. The van der Waals surface area contributed by atoms with Crippen molar-refractivity contribution in [2.75, 3.05) is 0 Å². The van der Waals surface area contributed by atoms with Crippen molar-refractivity contribution < 1.29 is 9.90 Å². The molecule has 0 unspecified atom stereocenters. The summed E-state index contributed by atoms with van der Waals surface area (Å²) in [5, 5.41) is 12.8. The van der Waals surface area contributed by atoms with Crippen LogP contribution in [0.25, 0.3) is 0 Å². The van der Waals surface area contributed by atoms with E-state index in [1.807, 2.05) is 13.8 Å². The van der Waals surface area contributed by atoms with Crippen LogP contribution in [0.2, 0.25) is 0 Å². The Morgan fingerprint density at radius 3 is 2.71 bits per heavy atom. The Balaban J connectivity index is 3.05. The third-order valence-corrected chi connectivity index (χ3v) is 2.03. The lowest BCUT2D eigenvalue weighted by Gasteiger charge is -2.09. The average molecular weight is 196 g/mol. The Hall–Kier alpha value is -1.32. The van der Waals surface area contributed by atoms with Crippen LogP contribution in [0, 0.1) is 0 Å². The van der Waals surface area contributed by atoms with Crippen molar-refractivity contribution >= 4 is 5.97 Å². The third-order valence-electron chi connectivity index (χ3n) is 2.03. The monoisotopic (exact) mass is 196 g/mol. The molecule has 0 aliphatic rings. The van der Waals surface area contributed by atoms with Crippen molar-refractivity contribution in [3.63, 3.8) is 0 Å². The van der Waals surface area contributed by atoms with E-state index >= 15 is 0 Å². The highest BCUT2D eigenvalue weighted by atomic mass is 16.4. The molecule has 0 saturated heterocycles. The van der Waals surface area contributed by atoms with Crippen molar-refractivity contribution in [2.24, 2.45) is 0 Å². The van der Waals surface area contributed by atoms with Gasteiger partial charge in [-0.1, -0.05) is 13.3 Å². The second kappa shape index (κ2) is 4.26. The van der Waals surface area contributed by atoms with Gasteiger partial charge in [0.2, 0.25) is 0 Å². The highest BCUT2D eigenvalue weighted by Crippen LogP contribution is 2.13. The lowest BCUT2D eigenvalue weighted by Crippen LogP contribution is -2.08. The molecular weight excluding hydrogens is 180 g/mol. The highest BCUT2D eigenvalue weighted by Gasteiger charge is 2.13. The summed E-state index contributed by atoms with van der Waals surface area (Å²) >= 11 is 0. The highest BCUT2D eigenvalue weighted by molar-refractivity contribution is 5.85. The zero-order valence-electron chi connectivity index (χ0n) is 8.82. The molecule has 1 N–H and O–H groups in total. The summed E-state index contributed by atoms with van der Waals surface area (Å²) in [6, 6.07) is 1.87. The maximum atomic E-state index is 10.7. The molecule has 4 nitrogen and oxygen atoms in total. The summed E-state index contributed by atoms with van der Waals surface area (Å²) in [5.41, 5.74) is 1.14. The van der Waals surface area contributed by atoms with Crippen LogP contribution in [-0.2, 0) is 6.42 Å². The molecule has 0 bridgehead atoms. The molecule has 1 aromatic heterocycles. The topological polar surface area (TPSA) is 55.1 Å². The van der Waals surface area contributed by atoms with Crippen molar-refractivity contribution in [2.45, 2.75) is 39.7 Å². The van der Waals surface area contributed by atoms with E-state index < -0.39 is 5.97 Å². The molecule has 0 saturated carbocycles. The second-order valence-corrected chi connectivity index (χ2v) is 3.61. The van der Waals surface area contributed by atoms with Gasteiger partial charge in [-0.3, -0.25) is 4.68 Å². The molecule has 0 aromatic carbocycles. The average Bonchev–Trinajstić information content (AvgIpc) is 2.49. The van der Waals surface area contributed by atoms with Crippen LogP contribution >= 0.6 is 0 Å². The summed E-state index contributed by atoms with van der Waals surface area (Å²) in [7, 11) is 0. The van der Waals surface area contributed by atoms with E-state index in [-0.39, 0.29) is 11.7 Å². The van der Waals surface area contributed by atoms with E-state index in [1.165, 1.54) is 0 Å². The van der Waals surface area contributed by atoms with Crippen molar-refractivity contribution in [1.29, 1.82) is 0 Å². The molecule has 4 heteroatoms. The van der Waals surface area contributed by atoms with Gasteiger partial charge in [0.25, 0.3) is 0 Å². The largest absolute Gasteiger partial charge is 0.476 e. The Morgan fingerprint density at radius 2 is 2.29 bits per heavy atom. The van der Waals surface area contributed by atoms with Crippen LogP contribution in [0.5, 0.6) is 0 Å². The van der Waals surface area contributed by atoms with Crippen LogP contribution in [0.1, 0.15) is 49.4 Å². The zero-order valence-corrected chi connectivity index (χ0v) is 8.82. The smallest absolute Gasteiger partial charge is 0.356 e. The summed E-state index contributed by atoms with van der Waals surface area (Å²) < 4.78 is 1.78. The molecule has 1 aromatic rings. The number of nitrogens with zero attached hydrogens (tertiary/aromatic N) is 2. The van der Waals surface area contributed by atoms with E-state index in [4.69, 9.17) is 5.11 Å². The van der Waals surface area contributed by atoms with Crippen molar-refractivity contribution in [3.05, 3.63) is 17.5 Å². The quantitative estimate of drug-likeness (QED) is 0.802. The van der Waals surface area contributed by atoms with Crippen LogP contribution in [-0.4, -0.2) is 20.9 Å². The molecule has 1 rings (SSSR count). The van der Waals surface area contributed by atoms with Crippen LogP contribution in [0.3, 0.4) is 0 Å². The molecule has 0 aliphatic heterocycles. The second-order valence-electron chi connectivity index (χ2n) is 3.61. The fourth-order valence-corrected chi connectivity index (χ4v) is 1.43. The van der Waals surface area contributed by atoms with Gasteiger partial charge < -0.3 is 5.11 Å². The van der Waals surface area contributed by atoms with Gasteiger partial charge in [-0.05, 0) is 26.3 Å². The first-order valence-corrected chi connectivity index (χ1v) is 4.88. The van der Waals surface area contributed by atoms with E-state index in [0.29, 0.717) is 0 Å². The number of carboxylic acid groups (broad SMARTS) is 1. The number of carboxylic acids is 1. The minimum absolute atomic E-state index is 0.141. The van der Waals surface area contributed by atoms with Crippen molar-refractivity contribution in [1.82, 2.24) is 9.78 Å². The molecule has 14 heavy (non-hydrogen) atoms. The van der Waals surface area contributed by atoms with Gasteiger partial charge in [0, 0.05) is 11.7 Å². The van der Waals surface area contributed by atoms with Crippen LogP contribution in [0.15, 0.2) is 6.07 Å². The lowest BCUT2D eigenvalue weighted by atomic mass is 10.2.